The molecule has 0 bridgehead atoms. The van der Waals surface area contributed by atoms with E-state index in [-0.39, 0.29) is 25.6 Å². The average Bonchev–Trinajstić information content (AvgIpc) is 3.19. The second kappa shape index (κ2) is 7.28. The molecule has 1 aromatic heterocycles. The van der Waals surface area contributed by atoms with Crippen molar-refractivity contribution in [3.63, 3.8) is 0 Å². The van der Waals surface area contributed by atoms with Crippen LogP contribution in [0.1, 0.15) is 32.6 Å². The minimum atomic E-state index is -0.138. The van der Waals surface area contributed by atoms with E-state index in [4.69, 9.17) is 5.11 Å². The topological polar surface area (TPSA) is 79.2 Å². The van der Waals surface area contributed by atoms with Crippen LogP contribution in [0.25, 0.3) is 0 Å². The minimum Gasteiger partial charge on any atom is -0.395 e. The Balaban J connectivity index is 1.83. The monoisotopic (exact) mass is 280 g/mol. The molecular weight excluding hydrogens is 256 g/mol. The molecule has 0 spiro atoms. The Kier molecular flexibility index (Phi) is 5.40. The summed E-state index contributed by atoms with van der Waals surface area (Å²) in [5, 5.41) is 19.0. The van der Waals surface area contributed by atoms with Crippen LogP contribution in [0.4, 0.5) is 5.69 Å². The number of hydrogen-bond donors (Lipinski definition) is 3. The fraction of sp³-hybridized carbons (Fsp3) is 0.714. The zero-order valence-electron chi connectivity index (χ0n) is 12.0. The molecular formula is C14H24N4O2. The van der Waals surface area contributed by atoms with Gasteiger partial charge in [-0.05, 0) is 25.2 Å². The summed E-state index contributed by atoms with van der Waals surface area (Å²) in [7, 11) is 0. The standard InChI is InChI=1S/C14H24N4O2/c1-2-3-13(11-4-5-11)17-12-8-16-18(9-12)10-14(20)15-6-7-19/h8-9,11,13,17,19H,2-7,10H2,1H3,(H,15,20). The molecule has 1 aliphatic carbocycles. The summed E-state index contributed by atoms with van der Waals surface area (Å²) < 4.78 is 1.62. The van der Waals surface area contributed by atoms with Gasteiger partial charge in [-0.1, -0.05) is 13.3 Å². The summed E-state index contributed by atoms with van der Waals surface area (Å²) in [6, 6.07) is 0.529. The molecule has 112 valence electrons. The lowest BCUT2D eigenvalue weighted by Crippen LogP contribution is -2.30. The number of carbonyl (C=O) groups is 1. The van der Waals surface area contributed by atoms with Crippen molar-refractivity contribution in [2.45, 2.75) is 45.2 Å². The molecule has 6 heteroatoms. The van der Waals surface area contributed by atoms with Crippen LogP contribution in [0, 0.1) is 5.92 Å². The average molecular weight is 280 g/mol. The molecule has 6 nitrogen and oxygen atoms in total. The van der Waals surface area contributed by atoms with Crippen molar-refractivity contribution < 1.29 is 9.90 Å². The number of amides is 1. The number of aliphatic hydroxyl groups is 1. The molecule has 0 radical (unpaired) electrons. The van der Waals surface area contributed by atoms with Crippen LogP contribution < -0.4 is 10.6 Å². The SMILES string of the molecule is CCCC(Nc1cnn(CC(=O)NCCO)c1)C1CC1. The van der Waals surface area contributed by atoms with E-state index in [1.807, 2.05) is 6.20 Å². The molecule has 1 saturated carbocycles. The van der Waals surface area contributed by atoms with Gasteiger partial charge in [0.05, 0.1) is 18.5 Å². The predicted octanol–water partition coefficient (Wildman–Crippen LogP) is 0.982. The molecule has 1 aliphatic rings. The van der Waals surface area contributed by atoms with E-state index in [1.165, 1.54) is 25.7 Å². The van der Waals surface area contributed by atoms with Crippen molar-refractivity contribution >= 4 is 11.6 Å². The van der Waals surface area contributed by atoms with Gasteiger partial charge in [-0.3, -0.25) is 9.48 Å². The van der Waals surface area contributed by atoms with Crippen LogP contribution in [-0.2, 0) is 11.3 Å². The molecule has 1 heterocycles. The number of hydrogen-bond acceptors (Lipinski definition) is 4. The van der Waals surface area contributed by atoms with Crippen LogP contribution in [-0.4, -0.2) is 40.0 Å². The van der Waals surface area contributed by atoms with E-state index in [2.05, 4.69) is 22.7 Å². The van der Waals surface area contributed by atoms with Gasteiger partial charge in [-0.15, -0.1) is 0 Å². The maximum absolute atomic E-state index is 11.5. The quantitative estimate of drug-likeness (QED) is 0.630. The summed E-state index contributed by atoms with van der Waals surface area (Å²) in [6.07, 6.45) is 8.61. The molecule has 0 aromatic carbocycles. The molecule has 20 heavy (non-hydrogen) atoms. The molecule has 0 aliphatic heterocycles. The van der Waals surface area contributed by atoms with Gasteiger partial charge >= 0.3 is 0 Å². The third-order valence-electron chi connectivity index (χ3n) is 3.52. The van der Waals surface area contributed by atoms with Crippen molar-refractivity contribution in [3.8, 4) is 0 Å². The van der Waals surface area contributed by atoms with Gasteiger partial charge in [0, 0.05) is 18.8 Å². The highest BCUT2D eigenvalue weighted by Gasteiger charge is 2.30. The van der Waals surface area contributed by atoms with Gasteiger partial charge in [0.1, 0.15) is 6.54 Å². The first-order valence-electron chi connectivity index (χ1n) is 7.39. The maximum atomic E-state index is 11.5. The summed E-state index contributed by atoms with van der Waals surface area (Å²) in [5.74, 6) is 0.659. The lowest BCUT2D eigenvalue weighted by atomic mass is 10.1. The molecule has 1 atom stereocenters. The van der Waals surface area contributed by atoms with Crippen molar-refractivity contribution in [2.75, 3.05) is 18.5 Å². The lowest BCUT2D eigenvalue weighted by molar-refractivity contribution is -0.122. The number of aliphatic hydroxyl groups excluding tert-OH is 1. The predicted molar refractivity (Wildman–Crippen MR) is 77.4 cm³/mol. The number of nitrogens with zero attached hydrogens (tertiary/aromatic N) is 2. The van der Waals surface area contributed by atoms with E-state index in [0.717, 1.165) is 11.6 Å². The second-order valence-electron chi connectivity index (χ2n) is 5.38. The fourth-order valence-corrected chi connectivity index (χ4v) is 2.37. The third kappa shape index (κ3) is 4.52. The summed E-state index contributed by atoms with van der Waals surface area (Å²) >= 11 is 0. The number of nitrogens with one attached hydrogen (secondary N) is 2. The number of rotatable bonds is 9. The van der Waals surface area contributed by atoms with E-state index in [9.17, 15) is 4.79 Å². The zero-order chi connectivity index (χ0) is 14.4. The Bertz CT molecular complexity index is 429. The molecule has 1 aromatic rings. The first-order valence-corrected chi connectivity index (χ1v) is 7.39. The van der Waals surface area contributed by atoms with Crippen molar-refractivity contribution in [1.29, 1.82) is 0 Å². The normalized spacial score (nSPS) is 15.9. The van der Waals surface area contributed by atoms with Gasteiger partial charge in [-0.25, -0.2) is 0 Å². The highest BCUT2D eigenvalue weighted by Crippen LogP contribution is 2.36. The van der Waals surface area contributed by atoms with Crippen molar-refractivity contribution in [1.82, 2.24) is 15.1 Å². The second-order valence-corrected chi connectivity index (χ2v) is 5.38. The van der Waals surface area contributed by atoms with Gasteiger partial charge < -0.3 is 15.7 Å². The van der Waals surface area contributed by atoms with Crippen LogP contribution >= 0.6 is 0 Å². The van der Waals surface area contributed by atoms with Crippen LogP contribution in [0.2, 0.25) is 0 Å². The smallest absolute Gasteiger partial charge is 0.241 e. The molecule has 1 fully saturated rings. The molecule has 0 saturated heterocycles. The molecule has 2 rings (SSSR count). The molecule has 1 unspecified atom stereocenters. The fourth-order valence-electron chi connectivity index (χ4n) is 2.37. The van der Waals surface area contributed by atoms with Gasteiger partial charge in [0.25, 0.3) is 0 Å². The third-order valence-corrected chi connectivity index (χ3v) is 3.52. The summed E-state index contributed by atoms with van der Waals surface area (Å²) in [4.78, 5) is 11.5. The Labute approximate surface area is 119 Å². The van der Waals surface area contributed by atoms with Crippen LogP contribution in [0.5, 0.6) is 0 Å². The van der Waals surface area contributed by atoms with Gasteiger partial charge in [-0.2, -0.15) is 5.10 Å². The first kappa shape index (κ1) is 14.8. The molecule has 1 amide bonds. The van der Waals surface area contributed by atoms with E-state index in [1.54, 1.807) is 10.9 Å². The highest BCUT2D eigenvalue weighted by atomic mass is 16.3. The number of carbonyl (C=O) groups excluding carboxylic acids is 1. The van der Waals surface area contributed by atoms with E-state index < -0.39 is 0 Å². The van der Waals surface area contributed by atoms with Gasteiger partial charge in [0.15, 0.2) is 0 Å². The maximum Gasteiger partial charge on any atom is 0.241 e. The Morgan fingerprint density at radius 1 is 1.60 bits per heavy atom. The Morgan fingerprint density at radius 3 is 3.05 bits per heavy atom. The zero-order valence-corrected chi connectivity index (χ0v) is 12.0. The number of aromatic nitrogens is 2. The lowest BCUT2D eigenvalue weighted by Gasteiger charge is -2.17. The number of anilines is 1. The van der Waals surface area contributed by atoms with Crippen LogP contribution in [0.15, 0.2) is 12.4 Å². The minimum absolute atomic E-state index is 0.0439. The largest absolute Gasteiger partial charge is 0.395 e. The van der Waals surface area contributed by atoms with E-state index in [0.29, 0.717) is 6.04 Å². The molecule has 3 N–H and O–H groups in total. The Hall–Kier alpha value is -1.56. The Morgan fingerprint density at radius 2 is 2.40 bits per heavy atom. The summed E-state index contributed by atoms with van der Waals surface area (Å²) in [6.45, 7) is 2.62. The highest BCUT2D eigenvalue weighted by molar-refractivity contribution is 5.75. The summed E-state index contributed by atoms with van der Waals surface area (Å²) in [5.41, 5.74) is 0.977. The van der Waals surface area contributed by atoms with Crippen molar-refractivity contribution in [3.05, 3.63) is 12.4 Å². The first-order chi connectivity index (χ1) is 9.72. The van der Waals surface area contributed by atoms with E-state index >= 15 is 0 Å². The van der Waals surface area contributed by atoms with Gasteiger partial charge in [0.2, 0.25) is 5.91 Å². The van der Waals surface area contributed by atoms with Crippen LogP contribution in [0.3, 0.4) is 0 Å². The van der Waals surface area contributed by atoms with Crippen molar-refractivity contribution in [2.24, 2.45) is 5.92 Å².